The Kier molecular flexibility index (Phi) is 3.14. The second-order valence-electron chi connectivity index (χ2n) is 3.49. The van der Waals surface area contributed by atoms with Crippen molar-refractivity contribution in [3.05, 3.63) is 40.6 Å². The van der Waals surface area contributed by atoms with Crippen LogP contribution in [0.4, 0.5) is 11.6 Å². The first-order valence-electron chi connectivity index (χ1n) is 4.85. The second kappa shape index (κ2) is 4.58. The van der Waals surface area contributed by atoms with Gasteiger partial charge in [0.2, 0.25) is 5.95 Å². The van der Waals surface area contributed by atoms with Gasteiger partial charge < -0.3 is 15.0 Å². The Morgan fingerprint density at radius 3 is 2.82 bits per heavy atom. The molecule has 2 N–H and O–H groups in total. The zero-order chi connectivity index (χ0) is 12.4. The molecule has 2 aromatic rings. The van der Waals surface area contributed by atoms with E-state index in [1.807, 2.05) is 17.8 Å². The van der Waals surface area contributed by atoms with E-state index >= 15 is 0 Å². The zero-order valence-corrected chi connectivity index (χ0v) is 10.6. The maximum atomic E-state index is 10.8. The Balaban J connectivity index is 2.29. The third kappa shape index (κ3) is 2.47. The van der Waals surface area contributed by atoms with Gasteiger partial charge in [-0.2, -0.15) is 0 Å². The molecule has 88 valence electrons. The Morgan fingerprint density at radius 2 is 2.29 bits per heavy atom. The van der Waals surface area contributed by atoms with Crippen molar-refractivity contribution in [3.63, 3.8) is 0 Å². The van der Waals surface area contributed by atoms with E-state index in [-0.39, 0.29) is 5.56 Å². The molecule has 0 amide bonds. The predicted octanol–water partition coefficient (Wildman–Crippen LogP) is 2.62. The van der Waals surface area contributed by atoms with Crippen LogP contribution >= 0.6 is 15.9 Å². The van der Waals surface area contributed by atoms with E-state index in [2.05, 4.69) is 26.2 Å². The molecule has 0 aliphatic rings. The van der Waals surface area contributed by atoms with Crippen molar-refractivity contribution in [1.82, 2.24) is 9.55 Å². The fourth-order valence-electron chi connectivity index (χ4n) is 1.36. The first kappa shape index (κ1) is 11.7. The van der Waals surface area contributed by atoms with Crippen LogP contribution in [0.15, 0.2) is 35.1 Å². The van der Waals surface area contributed by atoms with Gasteiger partial charge in [0.1, 0.15) is 0 Å². The van der Waals surface area contributed by atoms with Gasteiger partial charge in [-0.05, 0) is 34.1 Å². The van der Waals surface area contributed by atoms with Crippen molar-refractivity contribution >= 4 is 33.5 Å². The smallest absolute Gasteiger partial charge is 0.335 e. The number of imidazole rings is 1. The van der Waals surface area contributed by atoms with E-state index in [0.717, 1.165) is 5.69 Å². The predicted molar refractivity (Wildman–Crippen MR) is 67.6 cm³/mol. The van der Waals surface area contributed by atoms with Crippen LogP contribution in [0.3, 0.4) is 0 Å². The van der Waals surface area contributed by atoms with Gasteiger partial charge in [-0.1, -0.05) is 0 Å². The summed E-state index contributed by atoms with van der Waals surface area (Å²) in [5, 5.41) is 11.9. The Hall–Kier alpha value is -1.82. The average Bonchev–Trinajstić information content (AvgIpc) is 2.67. The molecule has 0 aliphatic heterocycles. The molecule has 17 heavy (non-hydrogen) atoms. The van der Waals surface area contributed by atoms with Gasteiger partial charge in [0.05, 0.1) is 11.3 Å². The molecule has 2 rings (SSSR count). The molecule has 1 aromatic carbocycles. The molecule has 0 radical (unpaired) electrons. The molecule has 0 atom stereocenters. The summed E-state index contributed by atoms with van der Waals surface area (Å²) in [5.74, 6) is -0.261. The maximum Gasteiger partial charge on any atom is 0.335 e. The van der Waals surface area contributed by atoms with Crippen molar-refractivity contribution in [3.8, 4) is 0 Å². The minimum absolute atomic E-state index is 0.238. The fraction of sp³-hybridized carbons (Fsp3) is 0.0909. The third-order valence-electron chi connectivity index (χ3n) is 2.28. The third-order valence-corrected chi connectivity index (χ3v) is 2.94. The molecule has 0 saturated heterocycles. The topological polar surface area (TPSA) is 67.2 Å². The van der Waals surface area contributed by atoms with Gasteiger partial charge in [0, 0.05) is 23.9 Å². The van der Waals surface area contributed by atoms with Crippen LogP contribution in [0, 0.1) is 0 Å². The van der Waals surface area contributed by atoms with Crippen LogP contribution in [0.25, 0.3) is 0 Å². The van der Waals surface area contributed by atoms with Crippen molar-refractivity contribution in [2.45, 2.75) is 0 Å². The number of anilines is 2. The zero-order valence-electron chi connectivity index (χ0n) is 9.01. The molecule has 0 unspecified atom stereocenters. The van der Waals surface area contributed by atoms with E-state index in [1.54, 1.807) is 24.4 Å². The largest absolute Gasteiger partial charge is 0.478 e. The number of nitrogens with one attached hydrogen (secondary N) is 1. The molecule has 1 heterocycles. The van der Waals surface area contributed by atoms with E-state index in [0.29, 0.717) is 10.4 Å². The number of halogens is 1. The molecule has 0 spiro atoms. The van der Waals surface area contributed by atoms with E-state index in [9.17, 15) is 4.79 Å². The highest BCUT2D eigenvalue weighted by atomic mass is 79.9. The number of carboxylic acid groups (broad SMARTS) is 1. The van der Waals surface area contributed by atoms with Crippen LogP contribution in [0.2, 0.25) is 0 Å². The van der Waals surface area contributed by atoms with E-state index < -0.39 is 5.97 Å². The monoisotopic (exact) mass is 295 g/mol. The number of hydrogen-bond donors (Lipinski definition) is 2. The summed E-state index contributed by atoms with van der Waals surface area (Å²) < 4.78 is 2.51. The maximum absolute atomic E-state index is 10.8. The minimum atomic E-state index is -0.950. The Bertz CT molecular complexity index is 566. The van der Waals surface area contributed by atoms with Gasteiger partial charge in [-0.3, -0.25) is 0 Å². The average molecular weight is 296 g/mol. The summed E-state index contributed by atoms with van der Waals surface area (Å²) >= 11 is 3.32. The molecule has 0 fully saturated rings. The molecule has 5 nitrogen and oxygen atoms in total. The highest BCUT2D eigenvalue weighted by molar-refractivity contribution is 9.10. The number of carbonyl (C=O) groups is 1. The first-order valence-corrected chi connectivity index (χ1v) is 5.64. The van der Waals surface area contributed by atoms with Crippen molar-refractivity contribution in [2.75, 3.05) is 5.32 Å². The number of aromatic carboxylic acids is 1. The number of rotatable bonds is 3. The number of nitrogens with zero attached hydrogens (tertiary/aromatic N) is 2. The molecule has 0 bridgehead atoms. The van der Waals surface area contributed by atoms with Crippen molar-refractivity contribution in [1.29, 1.82) is 0 Å². The molecular weight excluding hydrogens is 286 g/mol. The van der Waals surface area contributed by atoms with Crippen molar-refractivity contribution in [2.24, 2.45) is 7.05 Å². The fourth-order valence-corrected chi connectivity index (χ4v) is 1.83. The summed E-state index contributed by atoms with van der Waals surface area (Å²) in [6, 6.07) is 4.79. The summed E-state index contributed by atoms with van der Waals surface area (Å²) in [5.41, 5.74) is 1.01. The van der Waals surface area contributed by atoms with Gasteiger partial charge in [-0.15, -0.1) is 0 Å². The molecule has 0 aliphatic carbocycles. The van der Waals surface area contributed by atoms with Crippen LogP contribution in [-0.2, 0) is 7.05 Å². The number of aromatic nitrogens is 2. The van der Waals surface area contributed by atoms with E-state index in [4.69, 9.17) is 5.11 Å². The van der Waals surface area contributed by atoms with Gasteiger partial charge in [-0.25, -0.2) is 9.78 Å². The summed E-state index contributed by atoms with van der Waals surface area (Å²) in [7, 11) is 1.87. The number of hydrogen-bond acceptors (Lipinski definition) is 3. The van der Waals surface area contributed by atoms with Crippen LogP contribution < -0.4 is 5.32 Å². The van der Waals surface area contributed by atoms with Crippen LogP contribution in [-0.4, -0.2) is 20.6 Å². The number of aryl methyl sites for hydroxylation is 1. The lowest BCUT2D eigenvalue weighted by Crippen LogP contribution is -2.01. The second-order valence-corrected chi connectivity index (χ2v) is 4.34. The van der Waals surface area contributed by atoms with Gasteiger partial charge >= 0.3 is 5.97 Å². The lowest BCUT2D eigenvalue weighted by Gasteiger charge is -2.08. The molecule has 0 saturated carbocycles. The highest BCUT2D eigenvalue weighted by Gasteiger charge is 2.08. The Morgan fingerprint density at radius 1 is 1.53 bits per heavy atom. The molecule has 6 heteroatoms. The van der Waals surface area contributed by atoms with Gasteiger partial charge in [0.25, 0.3) is 0 Å². The van der Waals surface area contributed by atoms with Gasteiger partial charge in [0.15, 0.2) is 0 Å². The highest BCUT2D eigenvalue weighted by Crippen LogP contribution is 2.26. The quantitative estimate of drug-likeness (QED) is 0.913. The van der Waals surface area contributed by atoms with Crippen LogP contribution in [0.1, 0.15) is 10.4 Å². The lowest BCUT2D eigenvalue weighted by molar-refractivity contribution is 0.0697. The normalized spacial score (nSPS) is 10.2. The summed E-state index contributed by atoms with van der Waals surface area (Å²) in [6.45, 7) is 0. The Labute approximate surface area is 106 Å². The standard InChI is InChI=1S/C11H10BrN3O2/c1-15-5-4-13-11(15)14-9-3-2-7(10(16)17)6-8(9)12/h2-6H,1H3,(H,13,14)(H,16,17). The molecular formula is C11H10BrN3O2. The minimum Gasteiger partial charge on any atom is -0.478 e. The summed E-state index contributed by atoms with van der Waals surface area (Å²) in [4.78, 5) is 14.9. The SMILES string of the molecule is Cn1ccnc1Nc1ccc(C(=O)O)cc1Br. The van der Waals surface area contributed by atoms with E-state index in [1.165, 1.54) is 0 Å². The first-order chi connectivity index (χ1) is 8.08. The lowest BCUT2D eigenvalue weighted by atomic mass is 10.2. The van der Waals surface area contributed by atoms with Crippen LogP contribution in [0.5, 0.6) is 0 Å². The van der Waals surface area contributed by atoms with Crippen molar-refractivity contribution < 1.29 is 9.90 Å². The summed E-state index contributed by atoms with van der Waals surface area (Å²) in [6.07, 6.45) is 3.50. The molecule has 1 aromatic heterocycles. The number of benzene rings is 1. The number of carboxylic acids is 1.